The summed E-state index contributed by atoms with van der Waals surface area (Å²) in [6.07, 6.45) is 1.41. The van der Waals surface area contributed by atoms with Gasteiger partial charge >= 0.3 is 0 Å². The third kappa shape index (κ3) is 6.14. The van der Waals surface area contributed by atoms with E-state index >= 15 is 0 Å². The molecule has 36 heavy (non-hydrogen) atoms. The first-order valence-corrected chi connectivity index (χ1v) is 12.5. The predicted molar refractivity (Wildman–Crippen MR) is 141 cm³/mol. The molecule has 0 atom stereocenters. The van der Waals surface area contributed by atoms with E-state index in [1.807, 2.05) is 13.0 Å². The first-order valence-electron chi connectivity index (χ1n) is 10.5. The Hall–Kier alpha value is -3.60. The van der Waals surface area contributed by atoms with Crippen LogP contribution >= 0.6 is 35.1 Å². The molecule has 3 amide bonds. The second kappa shape index (κ2) is 11.0. The van der Waals surface area contributed by atoms with Crippen molar-refractivity contribution < 1.29 is 19.3 Å². The van der Waals surface area contributed by atoms with E-state index in [0.29, 0.717) is 32.9 Å². The number of nitrogens with zero attached hydrogens (tertiary/aromatic N) is 2. The van der Waals surface area contributed by atoms with E-state index in [1.54, 1.807) is 54.6 Å². The van der Waals surface area contributed by atoms with Gasteiger partial charge in [-0.1, -0.05) is 41.6 Å². The highest BCUT2D eigenvalue weighted by atomic mass is 35.5. The van der Waals surface area contributed by atoms with Gasteiger partial charge in [-0.3, -0.25) is 29.4 Å². The minimum Gasteiger partial charge on any atom is -0.325 e. The summed E-state index contributed by atoms with van der Waals surface area (Å²) >= 11 is 7.79. The number of nitrogens with one attached hydrogen (secondary N) is 1. The molecule has 1 N–H and O–H groups in total. The molecule has 1 heterocycles. The number of rotatable bonds is 7. The van der Waals surface area contributed by atoms with Gasteiger partial charge in [-0.05, 0) is 78.4 Å². The average Bonchev–Trinajstić information content (AvgIpc) is 3.08. The molecule has 1 aliphatic heterocycles. The molecule has 0 aromatic heterocycles. The molecular formula is C25H18ClN3O5S2. The molecule has 1 saturated heterocycles. The van der Waals surface area contributed by atoms with Crippen LogP contribution in [0.25, 0.3) is 6.08 Å². The zero-order valence-electron chi connectivity index (χ0n) is 18.8. The number of benzene rings is 3. The number of thioether (sulfide) groups is 1. The number of anilines is 1. The Morgan fingerprint density at radius 3 is 2.58 bits per heavy atom. The van der Waals surface area contributed by atoms with Crippen molar-refractivity contribution in [3.63, 3.8) is 0 Å². The summed E-state index contributed by atoms with van der Waals surface area (Å²) in [6.45, 7) is 1.44. The largest absolute Gasteiger partial charge is 0.325 e. The highest BCUT2D eigenvalue weighted by molar-refractivity contribution is 8.18. The summed E-state index contributed by atoms with van der Waals surface area (Å²) in [5.41, 5.74) is 1.76. The van der Waals surface area contributed by atoms with Crippen molar-refractivity contribution in [3.8, 4) is 0 Å². The molecule has 0 aliphatic carbocycles. The standard InChI is InChI=1S/C25H18ClN3O5S2/c1-15-3-2-4-18(11-15)27-23(30)14-28-24(31)22(36-25(28)32)13-16-5-10-21(20(12-16)29(33)34)35-19-8-6-17(26)7-9-19/h2-13H,14H2,1H3,(H,27,30). The second-order valence-electron chi connectivity index (χ2n) is 7.73. The lowest BCUT2D eigenvalue weighted by Gasteiger charge is -2.12. The van der Waals surface area contributed by atoms with Gasteiger partial charge in [0, 0.05) is 21.7 Å². The molecule has 0 unspecified atom stereocenters. The number of nitro groups is 1. The molecule has 0 radical (unpaired) electrons. The lowest BCUT2D eigenvalue weighted by Crippen LogP contribution is -2.36. The third-order valence-electron chi connectivity index (χ3n) is 5.00. The van der Waals surface area contributed by atoms with Crippen molar-refractivity contribution in [3.05, 3.63) is 97.9 Å². The fourth-order valence-corrected chi connectivity index (χ4v) is 5.20. The van der Waals surface area contributed by atoms with Crippen molar-refractivity contribution in [1.82, 2.24) is 4.90 Å². The summed E-state index contributed by atoms with van der Waals surface area (Å²) in [7, 11) is 0. The Balaban J connectivity index is 1.49. The average molecular weight is 540 g/mol. The summed E-state index contributed by atoms with van der Waals surface area (Å²) in [6, 6.07) is 18.6. The number of halogens is 1. The lowest BCUT2D eigenvalue weighted by molar-refractivity contribution is -0.387. The normalized spacial score (nSPS) is 14.4. The monoisotopic (exact) mass is 539 g/mol. The predicted octanol–water partition coefficient (Wildman–Crippen LogP) is 6.38. The van der Waals surface area contributed by atoms with E-state index in [4.69, 9.17) is 11.6 Å². The second-order valence-corrected chi connectivity index (χ2v) is 10.3. The molecule has 1 fully saturated rings. The summed E-state index contributed by atoms with van der Waals surface area (Å²) < 4.78 is 0. The number of aryl methyl sites for hydroxylation is 1. The van der Waals surface area contributed by atoms with Gasteiger partial charge in [0.1, 0.15) is 6.54 Å². The van der Waals surface area contributed by atoms with Crippen LogP contribution in [0.2, 0.25) is 5.02 Å². The van der Waals surface area contributed by atoms with Gasteiger partial charge in [0.05, 0.1) is 14.7 Å². The zero-order chi connectivity index (χ0) is 25.8. The van der Waals surface area contributed by atoms with Crippen LogP contribution < -0.4 is 5.32 Å². The number of carbonyl (C=O) groups excluding carboxylic acids is 3. The minimum absolute atomic E-state index is 0.0794. The number of nitro benzene ring substituents is 1. The Bertz CT molecular complexity index is 1410. The van der Waals surface area contributed by atoms with Crippen LogP contribution in [0.5, 0.6) is 0 Å². The van der Waals surface area contributed by atoms with E-state index in [-0.39, 0.29) is 10.6 Å². The van der Waals surface area contributed by atoms with Gasteiger partial charge < -0.3 is 5.32 Å². The van der Waals surface area contributed by atoms with Crippen molar-refractivity contribution >= 4 is 69.6 Å². The molecular weight excluding hydrogens is 522 g/mol. The van der Waals surface area contributed by atoms with Crippen LogP contribution in [0.3, 0.4) is 0 Å². The third-order valence-corrected chi connectivity index (χ3v) is 7.23. The number of imide groups is 1. The maximum Gasteiger partial charge on any atom is 0.294 e. The first-order chi connectivity index (χ1) is 17.2. The van der Waals surface area contributed by atoms with Gasteiger partial charge in [0.2, 0.25) is 5.91 Å². The van der Waals surface area contributed by atoms with Gasteiger partial charge in [-0.25, -0.2) is 0 Å². The quantitative estimate of drug-likeness (QED) is 0.210. The van der Waals surface area contributed by atoms with Crippen LogP contribution in [-0.4, -0.2) is 33.4 Å². The zero-order valence-corrected chi connectivity index (χ0v) is 21.2. The topological polar surface area (TPSA) is 110 Å². The van der Waals surface area contributed by atoms with E-state index in [0.717, 1.165) is 15.4 Å². The van der Waals surface area contributed by atoms with Gasteiger partial charge in [-0.15, -0.1) is 0 Å². The summed E-state index contributed by atoms with van der Waals surface area (Å²) in [5.74, 6) is -1.14. The Kier molecular flexibility index (Phi) is 7.78. The molecule has 4 rings (SSSR count). The van der Waals surface area contributed by atoms with Crippen LogP contribution in [0.15, 0.2) is 81.4 Å². The van der Waals surface area contributed by atoms with Crippen molar-refractivity contribution in [1.29, 1.82) is 0 Å². The maximum atomic E-state index is 12.8. The molecule has 8 nitrogen and oxygen atoms in total. The van der Waals surface area contributed by atoms with Crippen LogP contribution in [-0.2, 0) is 9.59 Å². The summed E-state index contributed by atoms with van der Waals surface area (Å²) in [4.78, 5) is 50.9. The number of hydrogen-bond donors (Lipinski definition) is 1. The number of amides is 3. The van der Waals surface area contributed by atoms with E-state index in [9.17, 15) is 24.5 Å². The Labute approximate surface area is 219 Å². The first kappa shape index (κ1) is 25.5. The van der Waals surface area contributed by atoms with E-state index in [2.05, 4.69) is 5.32 Å². The number of carbonyl (C=O) groups is 3. The molecule has 3 aromatic rings. The highest BCUT2D eigenvalue weighted by Crippen LogP contribution is 2.37. The smallest absolute Gasteiger partial charge is 0.294 e. The number of hydrogen-bond acceptors (Lipinski definition) is 7. The van der Waals surface area contributed by atoms with Crippen LogP contribution in [0.1, 0.15) is 11.1 Å². The van der Waals surface area contributed by atoms with Crippen LogP contribution in [0, 0.1) is 17.0 Å². The molecule has 3 aromatic carbocycles. The maximum absolute atomic E-state index is 12.8. The van der Waals surface area contributed by atoms with Crippen molar-refractivity contribution in [2.75, 3.05) is 11.9 Å². The van der Waals surface area contributed by atoms with Gasteiger partial charge in [0.25, 0.3) is 16.8 Å². The highest BCUT2D eigenvalue weighted by Gasteiger charge is 2.36. The van der Waals surface area contributed by atoms with Crippen LogP contribution in [0.4, 0.5) is 16.2 Å². The Morgan fingerprint density at radius 1 is 1.14 bits per heavy atom. The fraction of sp³-hybridized carbons (Fsp3) is 0.0800. The SMILES string of the molecule is Cc1cccc(NC(=O)CN2C(=O)SC(=Cc3ccc(Sc4ccc(Cl)cc4)c([N+](=O)[O-])c3)C2=O)c1. The Morgan fingerprint density at radius 2 is 1.89 bits per heavy atom. The molecule has 0 bridgehead atoms. The molecule has 182 valence electrons. The van der Waals surface area contributed by atoms with Gasteiger partial charge in [-0.2, -0.15) is 0 Å². The van der Waals surface area contributed by atoms with E-state index in [1.165, 1.54) is 23.9 Å². The summed E-state index contributed by atoms with van der Waals surface area (Å²) in [5, 5.41) is 14.3. The van der Waals surface area contributed by atoms with Gasteiger partial charge in [0.15, 0.2) is 0 Å². The van der Waals surface area contributed by atoms with Crippen molar-refractivity contribution in [2.24, 2.45) is 0 Å². The van der Waals surface area contributed by atoms with Crippen molar-refractivity contribution in [2.45, 2.75) is 16.7 Å². The fourth-order valence-electron chi connectivity index (χ4n) is 3.34. The molecule has 1 aliphatic rings. The molecule has 0 saturated carbocycles. The lowest BCUT2D eigenvalue weighted by atomic mass is 10.2. The molecule has 0 spiro atoms. The molecule has 11 heteroatoms. The van der Waals surface area contributed by atoms with E-state index < -0.39 is 28.5 Å². The minimum atomic E-state index is -0.633.